The molecule has 1 atom stereocenters. The first-order chi connectivity index (χ1) is 14.1. The molecular weight excluding hydrogens is 390 g/mol. The SMILES string of the molecule is CCOc1ccc(C2/C(=C(\O)c3ccncc3)C(=O)C(=O)N2c2nccs2)cc1. The number of pyridine rings is 1. The van der Waals surface area contributed by atoms with Gasteiger partial charge in [0.2, 0.25) is 0 Å². The van der Waals surface area contributed by atoms with Gasteiger partial charge < -0.3 is 9.84 Å². The van der Waals surface area contributed by atoms with E-state index in [1.807, 2.05) is 6.92 Å². The Balaban J connectivity index is 1.88. The van der Waals surface area contributed by atoms with Gasteiger partial charge in [-0.2, -0.15) is 0 Å². The van der Waals surface area contributed by atoms with Gasteiger partial charge in [0.15, 0.2) is 5.13 Å². The van der Waals surface area contributed by atoms with E-state index in [-0.39, 0.29) is 11.3 Å². The Bertz CT molecular complexity index is 1060. The number of carbonyl (C=O) groups excluding carboxylic acids is 2. The predicted molar refractivity (Wildman–Crippen MR) is 109 cm³/mol. The van der Waals surface area contributed by atoms with Crippen LogP contribution in [0, 0.1) is 0 Å². The number of ketones is 1. The number of carbonyl (C=O) groups is 2. The number of thiazole rings is 1. The number of aliphatic hydroxyl groups excluding tert-OH is 1. The van der Waals surface area contributed by atoms with Crippen molar-refractivity contribution in [2.24, 2.45) is 0 Å². The molecule has 1 aliphatic heterocycles. The largest absolute Gasteiger partial charge is 0.507 e. The number of aliphatic hydroxyl groups is 1. The molecule has 1 amide bonds. The summed E-state index contributed by atoms with van der Waals surface area (Å²) in [5, 5.41) is 13.0. The van der Waals surface area contributed by atoms with Crippen molar-refractivity contribution < 1.29 is 19.4 Å². The zero-order valence-corrected chi connectivity index (χ0v) is 16.3. The smallest absolute Gasteiger partial charge is 0.301 e. The van der Waals surface area contributed by atoms with Crippen LogP contribution < -0.4 is 9.64 Å². The van der Waals surface area contributed by atoms with E-state index < -0.39 is 17.7 Å². The summed E-state index contributed by atoms with van der Waals surface area (Å²) in [6, 6.07) is 9.47. The Hall–Kier alpha value is -3.52. The van der Waals surface area contributed by atoms with Crippen LogP contribution in [0.5, 0.6) is 5.75 Å². The summed E-state index contributed by atoms with van der Waals surface area (Å²) >= 11 is 1.25. The molecule has 29 heavy (non-hydrogen) atoms. The second kappa shape index (κ2) is 7.84. The Morgan fingerprint density at radius 2 is 1.86 bits per heavy atom. The molecule has 0 saturated carbocycles. The predicted octanol–water partition coefficient (Wildman–Crippen LogP) is 3.56. The van der Waals surface area contributed by atoms with Crippen molar-refractivity contribution in [3.05, 3.63) is 77.1 Å². The third kappa shape index (κ3) is 3.38. The van der Waals surface area contributed by atoms with E-state index in [0.29, 0.717) is 28.6 Å². The number of amides is 1. The average molecular weight is 407 g/mol. The van der Waals surface area contributed by atoms with E-state index >= 15 is 0 Å². The lowest BCUT2D eigenvalue weighted by Crippen LogP contribution is -2.29. The van der Waals surface area contributed by atoms with E-state index in [0.717, 1.165) is 0 Å². The van der Waals surface area contributed by atoms with Crippen LogP contribution in [0.1, 0.15) is 24.1 Å². The van der Waals surface area contributed by atoms with Crippen LogP contribution in [0.15, 0.2) is 65.9 Å². The number of Topliss-reactive ketones (excluding diaryl/α,β-unsaturated/α-hetero) is 1. The lowest BCUT2D eigenvalue weighted by Gasteiger charge is -2.23. The maximum Gasteiger partial charge on any atom is 0.301 e. The lowest BCUT2D eigenvalue weighted by molar-refractivity contribution is -0.132. The van der Waals surface area contributed by atoms with Gasteiger partial charge in [0.25, 0.3) is 5.78 Å². The van der Waals surface area contributed by atoms with Crippen molar-refractivity contribution in [2.75, 3.05) is 11.5 Å². The highest BCUT2D eigenvalue weighted by Gasteiger charge is 2.47. The third-order valence-electron chi connectivity index (χ3n) is 4.53. The molecule has 3 aromatic rings. The second-order valence-corrected chi connectivity index (χ2v) is 7.09. The monoisotopic (exact) mass is 407 g/mol. The molecule has 3 heterocycles. The fourth-order valence-electron chi connectivity index (χ4n) is 3.26. The lowest BCUT2D eigenvalue weighted by atomic mass is 9.95. The number of aromatic nitrogens is 2. The molecule has 1 aliphatic rings. The normalized spacial score (nSPS) is 18.2. The molecule has 0 spiro atoms. The Morgan fingerprint density at radius 1 is 1.14 bits per heavy atom. The van der Waals surface area contributed by atoms with Crippen molar-refractivity contribution in [1.82, 2.24) is 9.97 Å². The standard InChI is InChI=1S/C21H17N3O4S/c1-2-28-15-5-3-13(4-6-15)17-16(18(25)14-7-9-22-10-8-14)19(26)20(27)24(17)21-23-11-12-29-21/h3-12,17,25H,2H2,1H3/b18-16+. The molecule has 0 aliphatic carbocycles. The number of hydrogen-bond acceptors (Lipinski definition) is 7. The number of ether oxygens (including phenoxy) is 1. The molecule has 1 N–H and O–H groups in total. The molecule has 4 rings (SSSR count). The van der Waals surface area contributed by atoms with Crippen LogP contribution in [0.2, 0.25) is 0 Å². The van der Waals surface area contributed by atoms with Gasteiger partial charge in [-0.05, 0) is 36.8 Å². The van der Waals surface area contributed by atoms with Crippen LogP contribution in [0.3, 0.4) is 0 Å². The highest BCUT2D eigenvalue weighted by molar-refractivity contribution is 7.14. The summed E-state index contributed by atoms with van der Waals surface area (Å²) < 4.78 is 5.48. The molecule has 1 aromatic carbocycles. The van der Waals surface area contributed by atoms with Crippen molar-refractivity contribution in [3.63, 3.8) is 0 Å². The van der Waals surface area contributed by atoms with Crippen LogP contribution >= 0.6 is 11.3 Å². The van der Waals surface area contributed by atoms with Gasteiger partial charge >= 0.3 is 5.91 Å². The number of rotatable bonds is 5. The molecule has 146 valence electrons. The van der Waals surface area contributed by atoms with Gasteiger partial charge in [0.1, 0.15) is 11.5 Å². The van der Waals surface area contributed by atoms with E-state index in [1.54, 1.807) is 48.0 Å². The van der Waals surface area contributed by atoms with Crippen molar-refractivity contribution >= 4 is 33.9 Å². The van der Waals surface area contributed by atoms with Gasteiger partial charge in [-0.25, -0.2) is 4.98 Å². The topological polar surface area (TPSA) is 92.6 Å². The molecule has 7 nitrogen and oxygen atoms in total. The number of benzene rings is 1. The minimum atomic E-state index is -0.801. The summed E-state index contributed by atoms with van der Waals surface area (Å²) in [5.74, 6) is -1.05. The number of nitrogens with zero attached hydrogens (tertiary/aromatic N) is 3. The van der Waals surface area contributed by atoms with Gasteiger partial charge in [-0.3, -0.25) is 19.5 Å². The van der Waals surface area contributed by atoms with Crippen LogP contribution in [-0.2, 0) is 9.59 Å². The average Bonchev–Trinajstić information content (AvgIpc) is 3.36. The highest BCUT2D eigenvalue weighted by Crippen LogP contribution is 2.42. The maximum atomic E-state index is 12.9. The van der Waals surface area contributed by atoms with E-state index in [2.05, 4.69) is 9.97 Å². The highest BCUT2D eigenvalue weighted by atomic mass is 32.1. The summed E-state index contributed by atoms with van der Waals surface area (Å²) in [5.41, 5.74) is 1.09. The first kappa shape index (κ1) is 18.8. The Kier molecular flexibility index (Phi) is 5.09. The van der Waals surface area contributed by atoms with Gasteiger partial charge in [0.05, 0.1) is 18.2 Å². The minimum Gasteiger partial charge on any atom is -0.507 e. The zero-order chi connectivity index (χ0) is 20.4. The number of anilines is 1. The maximum absolute atomic E-state index is 12.9. The van der Waals surface area contributed by atoms with Gasteiger partial charge in [-0.15, -0.1) is 11.3 Å². The van der Waals surface area contributed by atoms with E-state index in [1.165, 1.54) is 28.6 Å². The van der Waals surface area contributed by atoms with Crippen LogP contribution in [-0.4, -0.2) is 33.4 Å². The van der Waals surface area contributed by atoms with Gasteiger partial charge in [0, 0.05) is 29.5 Å². The van der Waals surface area contributed by atoms with Crippen molar-refractivity contribution in [2.45, 2.75) is 13.0 Å². The molecule has 2 aromatic heterocycles. The Morgan fingerprint density at radius 3 is 2.48 bits per heavy atom. The molecular formula is C21H17N3O4S. The fraction of sp³-hybridized carbons (Fsp3) is 0.143. The molecule has 1 fully saturated rings. The quantitative estimate of drug-likeness (QED) is 0.395. The minimum absolute atomic E-state index is 0.0144. The van der Waals surface area contributed by atoms with E-state index in [4.69, 9.17) is 4.74 Å². The number of hydrogen-bond donors (Lipinski definition) is 1. The summed E-state index contributed by atoms with van der Waals surface area (Å²) in [4.78, 5) is 35.2. The first-order valence-corrected chi connectivity index (χ1v) is 9.83. The summed E-state index contributed by atoms with van der Waals surface area (Å²) in [7, 11) is 0. The van der Waals surface area contributed by atoms with Crippen LogP contribution in [0.25, 0.3) is 5.76 Å². The summed E-state index contributed by atoms with van der Waals surface area (Å²) in [6.45, 7) is 2.42. The van der Waals surface area contributed by atoms with Crippen molar-refractivity contribution in [3.8, 4) is 5.75 Å². The molecule has 1 unspecified atom stereocenters. The Labute approximate surface area is 170 Å². The molecule has 0 bridgehead atoms. The molecule has 1 saturated heterocycles. The second-order valence-electron chi connectivity index (χ2n) is 6.22. The van der Waals surface area contributed by atoms with E-state index in [9.17, 15) is 14.7 Å². The third-order valence-corrected chi connectivity index (χ3v) is 5.30. The van der Waals surface area contributed by atoms with Crippen LogP contribution in [0.4, 0.5) is 5.13 Å². The fourth-order valence-corrected chi connectivity index (χ4v) is 3.93. The molecule has 0 radical (unpaired) electrons. The zero-order valence-electron chi connectivity index (χ0n) is 15.5. The molecule has 8 heteroatoms. The van der Waals surface area contributed by atoms with Crippen molar-refractivity contribution in [1.29, 1.82) is 0 Å². The first-order valence-electron chi connectivity index (χ1n) is 8.95. The summed E-state index contributed by atoms with van der Waals surface area (Å²) in [6.07, 6.45) is 4.59. The van der Waals surface area contributed by atoms with Gasteiger partial charge in [-0.1, -0.05) is 12.1 Å².